The Morgan fingerprint density at radius 1 is 1.47 bits per heavy atom. The minimum absolute atomic E-state index is 0.0541. The zero-order valence-electron chi connectivity index (χ0n) is 10.8. The Kier molecular flexibility index (Phi) is 4.46. The molecule has 1 aliphatic rings. The number of rotatable bonds is 3. The number of aryl methyl sites for hydroxylation is 1. The minimum Gasteiger partial charge on any atom is -0.334 e. The molecule has 5 nitrogen and oxygen atoms in total. The number of carbonyl (C=O) groups is 1. The molecule has 1 aromatic heterocycles. The average Bonchev–Trinajstić information content (AvgIpc) is 2.71. The SMILES string of the molecule is Cc1ccc(CNC(=O)N[C@@H]2CCCS(=O)(=O)C2)s1. The quantitative estimate of drug-likeness (QED) is 0.887. The Bertz CT molecular complexity index is 551. The number of hydrogen-bond donors (Lipinski definition) is 2. The van der Waals surface area contributed by atoms with E-state index in [4.69, 9.17) is 0 Å². The lowest BCUT2D eigenvalue weighted by Gasteiger charge is -2.23. The van der Waals surface area contributed by atoms with Crippen molar-refractivity contribution in [3.05, 3.63) is 21.9 Å². The second kappa shape index (κ2) is 5.92. The lowest BCUT2D eigenvalue weighted by Crippen LogP contribution is -2.47. The number of hydrogen-bond acceptors (Lipinski definition) is 4. The summed E-state index contributed by atoms with van der Waals surface area (Å²) in [5.41, 5.74) is 0. The molecule has 0 radical (unpaired) electrons. The van der Waals surface area contributed by atoms with Crippen LogP contribution >= 0.6 is 11.3 Å². The first-order valence-electron chi connectivity index (χ1n) is 6.25. The maximum absolute atomic E-state index is 11.7. The van der Waals surface area contributed by atoms with Gasteiger partial charge in [0, 0.05) is 15.8 Å². The summed E-state index contributed by atoms with van der Waals surface area (Å²) in [4.78, 5) is 14.0. The van der Waals surface area contributed by atoms with Crippen molar-refractivity contribution in [2.45, 2.75) is 32.4 Å². The molecule has 2 N–H and O–H groups in total. The third-order valence-electron chi connectivity index (χ3n) is 3.02. The third kappa shape index (κ3) is 4.50. The largest absolute Gasteiger partial charge is 0.334 e. The van der Waals surface area contributed by atoms with E-state index < -0.39 is 9.84 Å². The zero-order chi connectivity index (χ0) is 13.9. The smallest absolute Gasteiger partial charge is 0.315 e. The van der Waals surface area contributed by atoms with Crippen molar-refractivity contribution in [1.29, 1.82) is 0 Å². The van der Waals surface area contributed by atoms with Crippen molar-refractivity contribution in [1.82, 2.24) is 10.6 Å². The minimum atomic E-state index is -2.98. The molecule has 0 saturated carbocycles. The third-order valence-corrected chi connectivity index (χ3v) is 5.84. The molecule has 0 spiro atoms. The van der Waals surface area contributed by atoms with Crippen LogP contribution in [0.3, 0.4) is 0 Å². The number of urea groups is 1. The summed E-state index contributed by atoms with van der Waals surface area (Å²) in [5, 5.41) is 5.48. The van der Waals surface area contributed by atoms with Crippen molar-refractivity contribution in [2.75, 3.05) is 11.5 Å². The van der Waals surface area contributed by atoms with Gasteiger partial charge in [-0.05, 0) is 31.9 Å². The molecule has 1 atom stereocenters. The number of sulfone groups is 1. The summed E-state index contributed by atoms with van der Waals surface area (Å²) in [6.07, 6.45) is 1.35. The van der Waals surface area contributed by atoms with Crippen LogP contribution in [-0.2, 0) is 16.4 Å². The van der Waals surface area contributed by atoms with E-state index in [1.807, 2.05) is 19.1 Å². The van der Waals surface area contributed by atoms with Gasteiger partial charge in [-0.1, -0.05) is 0 Å². The Labute approximate surface area is 117 Å². The van der Waals surface area contributed by atoms with E-state index in [0.29, 0.717) is 13.0 Å². The van der Waals surface area contributed by atoms with Gasteiger partial charge in [0.25, 0.3) is 0 Å². The van der Waals surface area contributed by atoms with Crippen molar-refractivity contribution < 1.29 is 13.2 Å². The molecule has 106 valence electrons. The topological polar surface area (TPSA) is 75.3 Å². The lowest BCUT2D eigenvalue weighted by molar-refractivity contribution is 0.236. The molecule has 0 aliphatic carbocycles. The van der Waals surface area contributed by atoms with E-state index in [2.05, 4.69) is 10.6 Å². The van der Waals surface area contributed by atoms with Crippen molar-refractivity contribution >= 4 is 27.2 Å². The first-order valence-corrected chi connectivity index (χ1v) is 8.88. The van der Waals surface area contributed by atoms with E-state index >= 15 is 0 Å². The van der Waals surface area contributed by atoms with E-state index in [-0.39, 0.29) is 23.6 Å². The average molecular weight is 302 g/mol. The normalized spacial score (nSPS) is 21.8. The molecule has 2 amide bonds. The van der Waals surface area contributed by atoms with Crippen LogP contribution in [0.4, 0.5) is 4.79 Å². The van der Waals surface area contributed by atoms with Crippen LogP contribution in [0.5, 0.6) is 0 Å². The van der Waals surface area contributed by atoms with Gasteiger partial charge in [-0.25, -0.2) is 13.2 Å². The van der Waals surface area contributed by atoms with E-state index in [1.165, 1.54) is 4.88 Å². The van der Waals surface area contributed by atoms with Crippen molar-refractivity contribution in [3.8, 4) is 0 Å². The monoisotopic (exact) mass is 302 g/mol. The summed E-state index contributed by atoms with van der Waals surface area (Å²) >= 11 is 1.64. The Morgan fingerprint density at radius 3 is 2.89 bits per heavy atom. The molecule has 1 aromatic rings. The van der Waals surface area contributed by atoms with Gasteiger partial charge in [-0.3, -0.25) is 0 Å². The van der Waals surface area contributed by atoms with Crippen LogP contribution in [0, 0.1) is 6.92 Å². The van der Waals surface area contributed by atoms with Gasteiger partial charge in [0.2, 0.25) is 0 Å². The van der Waals surface area contributed by atoms with E-state index in [0.717, 1.165) is 11.3 Å². The summed E-state index contributed by atoms with van der Waals surface area (Å²) in [5.74, 6) is 0.291. The standard InChI is InChI=1S/C12H18N2O3S2/c1-9-4-5-11(18-9)7-13-12(15)14-10-3-2-6-19(16,17)8-10/h4-5,10H,2-3,6-8H2,1H3,(H2,13,14,15)/t10-/m1/s1. The molecule has 7 heteroatoms. The fourth-order valence-electron chi connectivity index (χ4n) is 2.12. The van der Waals surface area contributed by atoms with Crippen LogP contribution in [0.25, 0.3) is 0 Å². The predicted molar refractivity (Wildman–Crippen MR) is 76.1 cm³/mol. The Hall–Kier alpha value is -1.08. The van der Waals surface area contributed by atoms with Crippen molar-refractivity contribution in [3.63, 3.8) is 0 Å². The van der Waals surface area contributed by atoms with Crippen LogP contribution < -0.4 is 10.6 Å². The van der Waals surface area contributed by atoms with Gasteiger partial charge < -0.3 is 10.6 Å². The van der Waals surface area contributed by atoms with Gasteiger partial charge in [0.1, 0.15) is 0 Å². The second-order valence-electron chi connectivity index (χ2n) is 4.79. The molecule has 0 unspecified atom stereocenters. The van der Waals surface area contributed by atoms with E-state index in [1.54, 1.807) is 11.3 Å². The number of amides is 2. The van der Waals surface area contributed by atoms with Gasteiger partial charge >= 0.3 is 6.03 Å². The first-order chi connectivity index (χ1) is 8.94. The van der Waals surface area contributed by atoms with Crippen LogP contribution in [0.1, 0.15) is 22.6 Å². The summed E-state index contributed by atoms with van der Waals surface area (Å²) in [6.45, 7) is 2.49. The fraction of sp³-hybridized carbons (Fsp3) is 0.583. The van der Waals surface area contributed by atoms with Crippen molar-refractivity contribution in [2.24, 2.45) is 0 Å². The molecule has 1 fully saturated rings. The highest BCUT2D eigenvalue weighted by Crippen LogP contribution is 2.14. The van der Waals surface area contributed by atoms with Crippen LogP contribution in [0.15, 0.2) is 12.1 Å². The lowest BCUT2D eigenvalue weighted by atomic mass is 10.2. The molecule has 19 heavy (non-hydrogen) atoms. The fourth-order valence-corrected chi connectivity index (χ4v) is 4.59. The predicted octanol–water partition coefficient (Wildman–Crippen LogP) is 1.43. The van der Waals surface area contributed by atoms with Gasteiger partial charge in [-0.2, -0.15) is 0 Å². The van der Waals surface area contributed by atoms with E-state index in [9.17, 15) is 13.2 Å². The Morgan fingerprint density at radius 2 is 2.26 bits per heavy atom. The van der Waals surface area contributed by atoms with Crippen LogP contribution in [0.2, 0.25) is 0 Å². The molecule has 1 aliphatic heterocycles. The highest BCUT2D eigenvalue weighted by Gasteiger charge is 2.25. The molecular weight excluding hydrogens is 284 g/mol. The summed E-state index contributed by atoms with van der Waals surface area (Å²) in [6, 6.07) is 3.43. The molecule has 2 rings (SSSR count). The molecular formula is C12H18N2O3S2. The Balaban J connectivity index is 1.78. The molecule has 2 heterocycles. The number of thiophene rings is 1. The highest BCUT2D eigenvalue weighted by molar-refractivity contribution is 7.91. The maximum atomic E-state index is 11.7. The highest BCUT2D eigenvalue weighted by atomic mass is 32.2. The molecule has 0 aromatic carbocycles. The second-order valence-corrected chi connectivity index (χ2v) is 8.39. The zero-order valence-corrected chi connectivity index (χ0v) is 12.4. The first kappa shape index (κ1) is 14.3. The molecule has 1 saturated heterocycles. The maximum Gasteiger partial charge on any atom is 0.315 e. The summed E-state index contributed by atoms with van der Waals surface area (Å²) < 4.78 is 22.9. The number of carbonyl (C=O) groups excluding carboxylic acids is 1. The summed E-state index contributed by atoms with van der Waals surface area (Å²) in [7, 11) is -2.98. The van der Waals surface area contributed by atoms with Gasteiger partial charge in [0.05, 0.1) is 18.1 Å². The molecule has 0 bridgehead atoms. The van der Waals surface area contributed by atoms with Crippen LogP contribution in [-0.4, -0.2) is 32.0 Å². The van der Waals surface area contributed by atoms with Gasteiger partial charge in [-0.15, -0.1) is 11.3 Å². The number of nitrogens with one attached hydrogen (secondary N) is 2. The van der Waals surface area contributed by atoms with Gasteiger partial charge in [0.15, 0.2) is 9.84 Å².